The van der Waals surface area contributed by atoms with Gasteiger partial charge in [0.1, 0.15) is 16.9 Å². The maximum Gasteiger partial charge on any atom is 0.323 e. The molecule has 0 saturated carbocycles. The number of nitro benzene ring substituents is 1. The monoisotopic (exact) mass is 363 g/mol. The Morgan fingerprint density at radius 1 is 1.33 bits per heavy atom. The summed E-state index contributed by atoms with van der Waals surface area (Å²) in [5.74, 6) is 0.571. The van der Waals surface area contributed by atoms with E-state index in [-0.39, 0.29) is 28.5 Å². The van der Waals surface area contributed by atoms with Crippen LogP contribution in [0.2, 0.25) is 5.02 Å². The third-order valence-corrected chi connectivity index (χ3v) is 5.32. The minimum atomic E-state index is -0.548. The maximum atomic E-state index is 12.4. The van der Waals surface area contributed by atoms with Crippen molar-refractivity contribution < 1.29 is 14.5 Å². The van der Waals surface area contributed by atoms with Crippen LogP contribution in [0.3, 0.4) is 0 Å². The summed E-state index contributed by atoms with van der Waals surface area (Å²) in [7, 11) is 0. The molecule has 0 bridgehead atoms. The number of ether oxygens (including phenoxy) is 1. The van der Waals surface area contributed by atoms with E-state index >= 15 is 0 Å². The fraction of sp³-hybridized carbons (Fsp3) is 0.235. The van der Waals surface area contributed by atoms with E-state index in [0.717, 1.165) is 17.7 Å². The molecule has 0 aliphatic carbocycles. The van der Waals surface area contributed by atoms with Gasteiger partial charge in [-0.1, -0.05) is 35.9 Å². The molecule has 1 heterocycles. The molecule has 24 heavy (non-hydrogen) atoms. The molecular weight excluding hydrogens is 350 g/mol. The molecular formula is C17H14ClNO4S. The third-order valence-electron chi connectivity index (χ3n) is 3.80. The van der Waals surface area contributed by atoms with E-state index in [2.05, 4.69) is 0 Å². The number of benzene rings is 2. The SMILES string of the molecule is O=C(OCc1ccc([N+](=O)[O-])c(Cl)c1)[C@H]1SCCc2ccccc21. The van der Waals surface area contributed by atoms with Crippen LogP contribution in [0.1, 0.15) is 21.9 Å². The molecule has 0 saturated heterocycles. The fourth-order valence-electron chi connectivity index (χ4n) is 2.61. The number of rotatable bonds is 4. The topological polar surface area (TPSA) is 69.4 Å². The number of fused-ring (bicyclic) bond motifs is 1. The number of thioether (sulfide) groups is 1. The lowest BCUT2D eigenvalue weighted by Gasteiger charge is -2.23. The summed E-state index contributed by atoms with van der Waals surface area (Å²) in [6.45, 7) is 0.0375. The van der Waals surface area contributed by atoms with Gasteiger partial charge in [0.05, 0.1) is 4.92 Å². The highest BCUT2D eigenvalue weighted by molar-refractivity contribution is 8.00. The predicted octanol–water partition coefficient (Wildman–Crippen LogP) is 4.32. The van der Waals surface area contributed by atoms with Gasteiger partial charge in [0.2, 0.25) is 0 Å². The highest BCUT2D eigenvalue weighted by Crippen LogP contribution is 2.37. The fourth-order valence-corrected chi connectivity index (χ4v) is 4.07. The van der Waals surface area contributed by atoms with Gasteiger partial charge < -0.3 is 4.74 Å². The van der Waals surface area contributed by atoms with Gasteiger partial charge in [-0.3, -0.25) is 14.9 Å². The number of aryl methyl sites for hydroxylation is 1. The van der Waals surface area contributed by atoms with Gasteiger partial charge in [-0.05, 0) is 41.0 Å². The maximum absolute atomic E-state index is 12.4. The zero-order valence-electron chi connectivity index (χ0n) is 12.6. The lowest BCUT2D eigenvalue weighted by molar-refractivity contribution is -0.384. The van der Waals surface area contributed by atoms with E-state index in [9.17, 15) is 14.9 Å². The van der Waals surface area contributed by atoms with E-state index in [4.69, 9.17) is 16.3 Å². The van der Waals surface area contributed by atoms with Crippen molar-refractivity contribution in [3.05, 3.63) is 74.3 Å². The van der Waals surface area contributed by atoms with Crippen LogP contribution in [0.4, 0.5) is 5.69 Å². The molecule has 124 valence electrons. The Balaban J connectivity index is 1.68. The second-order valence-corrected chi connectivity index (χ2v) is 6.97. The smallest absolute Gasteiger partial charge is 0.323 e. The van der Waals surface area contributed by atoms with E-state index in [1.165, 1.54) is 17.7 Å². The van der Waals surface area contributed by atoms with Gasteiger partial charge in [0, 0.05) is 6.07 Å². The Hall–Kier alpha value is -2.05. The summed E-state index contributed by atoms with van der Waals surface area (Å²) in [5, 5.41) is 10.5. The van der Waals surface area contributed by atoms with Crippen molar-refractivity contribution in [2.45, 2.75) is 18.3 Å². The third kappa shape index (κ3) is 3.55. The molecule has 7 heteroatoms. The van der Waals surface area contributed by atoms with Crippen molar-refractivity contribution in [2.75, 3.05) is 5.75 Å². The second-order valence-electron chi connectivity index (χ2n) is 5.35. The highest BCUT2D eigenvalue weighted by Gasteiger charge is 2.28. The van der Waals surface area contributed by atoms with Crippen molar-refractivity contribution in [3.63, 3.8) is 0 Å². The Morgan fingerprint density at radius 3 is 2.88 bits per heavy atom. The van der Waals surface area contributed by atoms with Crippen molar-refractivity contribution in [1.82, 2.24) is 0 Å². The molecule has 1 aliphatic heterocycles. The molecule has 0 aromatic heterocycles. The minimum Gasteiger partial charge on any atom is -0.460 e. The summed E-state index contributed by atoms with van der Waals surface area (Å²) in [4.78, 5) is 22.6. The molecule has 1 atom stereocenters. The number of hydrogen-bond acceptors (Lipinski definition) is 5. The van der Waals surface area contributed by atoms with Gasteiger partial charge in [0.25, 0.3) is 5.69 Å². The largest absolute Gasteiger partial charge is 0.460 e. The van der Waals surface area contributed by atoms with E-state index in [0.29, 0.717) is 5.56 Å². The second kappa shape index (κ2) is 7.23. The molecule has 1 aliphatic rings. The summed E-state index contributed by atoms with van der Waals surface area (Å²) >= 11 is 7.44. The van der Waals surface area contributed by atoms with Crippen LogP contribution in [0.5, 0.6) is 0 Å². The first-order valence-corrected chi connectivity index (χ1v) is 8.78. The van der Waals surface area contributed by atoms with E-state index in [1.807, 2.05) is 24.3 Å². The number of esters is 1. The number of nitrogens with zero attached hydrogens (tertiary/aromatic N) is 1. The lowest BCUT2D eigenvalue weighted by atomic mass is 10.0. The lowest BCUT2D eigenvalue weighted by Crippen LogP contribution is -2.19. The quantitative estimate of drug-likeness (QED) is 0.459. The zero-order chi connectivity index (χ0) is 17.1. The van der Waals surface area contributed by atoms with Gasteiger partial charge in [-0.15, -0.1) is 11.8 Å². The Morgan fingerprint density at radius 2 is 2.12 bits per heavy atom. The Bertz CT molecular complexity index is 796. The summed E-state index contributed by atoms with van der Waals surface area (Å²) in [5.41, 5.74) is 2.63. The summed E-state index contributed by atoms with van der Waals surface area (Å²) < 4.78 is 5.39. The van der Waals surface area contributed by atoms with Crippen LogP contribution < -0.4 is 0 Å². The Labute approximate surface area is 148 Å². The van der Waals surface area contributed by atoms with Crippen LogP contribution in [0.25, 0.3) is 0 Å². The van der Waals surface area contributed by atoms with Crippen LogP contribution in [-0.4, -0.2) is 16.6 Å². The van der Waals surface area contributed by atoms with Crippen molar-refractivity contribution in [2.24, 2.45) is 0 Å². The van der Waals surface area contributed by atoms with Crippen molar-refractivity contribution in [1.29, 1.82) is 0 Å². The van der Waals surface area contributed by atoms with E-state index in [1.54, 1.807) is 17.8 Å². The number of nitro groups is 1. The van der Waals surface area contributed by atoms with Crippen LogP contribution in [0, 0.1) is 10.1 Å². The number of hydrogen-bond donors (Lipinski definition) is 0. The number of carbonyl (C=O) groups excluding carboxylic acids is 1. The highest BCUT2D eigenvalue weighted by atomic mass is 35.5. The van der Waals surface area contributed by atoms with Gasteiger partial charge >= 0.3 is 5.97 Å². The molecule has 0 N–H and O–H groups in total. The number of carbonyl (C=O) groups is 1. The first-order chi connectivity index (χ1) is 11.6. The first kappa shape index (κ1) is 16.8. The predicted molar refractivity (Wildman–Crippen MR) is 93.2 cm³/mol. The molecule has 0 fully saturated rings. The van der Waals surface area contributed by atoms with Crippen LogP contribution >= 0.6 is 23.4 Å². The van der Waals surface area contributed by atoms with Gasteiger partial charge in [-0.25, -0.2) is 0 Å². The van der Waals surface area contributed by atoms with E-state index < -0.39 is 4.92 Å². The number of halogens is 1. The van der Waals surface area contributed by atoms with Crippen LogP contribution in [-0.2, 0) is 22.6 Å². The average molecular weight is 364 g/mol. The standard InChI is InChI=1S/C17H14ClNO4S/c18-14-9-11(5-6-15(14)19(21)22)10-23-17(20)16-13-4-2-1-3-12(13)7-8-24-16/h1-6,9,16H,7-8,10H2/t16-/m0/s1. The van der Waals surface area contributed by atoms with Gasteiger partial charge in [-0.2, -0.15) is 0 Å². The molecule has 0 radical (unpaired) electrons. The normalized spacial score (nSPS) is 16.3. The Kier molecular flexibility index (Phi) is 5.06. The molecule has 2 aromatic rings. The minimum absolute atomic E-state index is 0.0333. The summed E-state index contributed by atoms with van der Waals surface area (Å²) in [6.07, 6.45) is 0.947. The van der Waals surface area contributed by atoms with Crippen molar-refractivity contribution >= 4 is 35.0 Å². The summed E-state index contributed by atoms with van der Waals surface area (Å²) in [6, 6.07) is 12.2. The molecule has 3 rings (SSSR count). The van der Waals surface area contributed by atoms with Crippen molar-refractivity contribution in [3.8, 4) is 0 Å². The average Bonchev–Trinajstić information content (AvgIpc) is 2.59. The molecule has 0 amide bonds. The first-order valence-electron chi connectivity index (χ1n) is 7.35. The molecule has 5 nitrogen and oxygen atoms in total. The zero-order valence-corrected chi connectivity index (χ0v) is 14.2. The van der Waals surface area contributed by atoms with Crippen LogP contribution in [0.15, 0.2) is 42.5 Å². The van der Waals surface area contributed by atoms with Gasteiger partial charge in [0.15, 0.2) is 0 Å². The molecule has 0 spiro atoms. The molecule has 0 unspecified atom stereocenters. The molecule has 2 aromatic carbocycles.